The van der Waals surface area contributed by atoms with Crippen LogP contribution in [0.3, 0.4) is 0 Å². The molecule has 0 unspecified atom stereocenters. The summed E-state index contributed by atoms with van der Waals surface area (Å²) in [6.07, 6.45) is 2.18. The first-order valence-electron chi connectivity index (χ1n) is 4.98. The Kier molecular flexibility index (Phi) is 2.49. The monoisotopic (exact) mass is 188 g/mol. The van der Waals surface area contributed by atoms with Crippen LogP contribution in [0.15, 0.2) is 36.4 Å². The molecule has 0 saturated carbocycles. The third-order valence-electron chi connectivity index (χ3n) is 2.45. The largest absolute Gasteiger partial charge is 0.207 e. The Labute approximate surface area is 83.4 Å². The smallest absolute Gasteiger partial charge is 0.123 e. The summed E-state index contributed by atoms with van der Waals surface area (Å²) in [5.74, 6) is -0.161. The normalized spacial score (nSPS) is 10.7. The molecule has 0 heterocycles. The standard InChI is InChI=1S/C13H13F/c1-2-4-10-5-3-6-11-9-12(14)7-8-13(10)11/h3,5-9H,2,4H2,1H3. The SMILES string of the molecule is CCCc1cccc2cc(F)ccc12. The summed E-state index contributed by atoms with van der Waals surface area (Å²) in [7, 11) is 0. The maximum absolute atomic E-state index is 13.0. The summed E-state index contributed by atoms with van der Waals surface area (Å²) in [6.45, 7) is 2.16. The van der Waals surface area contributed by atoms with Crippen molar-refractivity contribution in [3.8, 4) is 0 Å². The van der Waals surface area contributed by atoms with Crippen molar-refractivity contribution in [2.75, 3.05) is 0 Å². The summed E-state index contributed by atoms with van der Waals surface area (Å²) in [5.41, 5.74) is 1.31. The Hall–Kier alpha value is -1.37. The number of hydrogen-bond acceptors (Lipinski definition) is 0. The van der Waals surface area contributed by atoms with Crippen molar-refractivity contribution in [1.29, 1.82) is 0 Å². The fraction of sp³-hybridized carbons (Fsp3) is 0.231. The molecule has 0 spiro atoms. The molecule has 0 saturated heterocycles. The quantitative estimate of drug-likeness (QED) is 0.669. The lowest BCUT2D eigenvalue weighted by Crippen LogP contribution is -1.86. The molecule has 0 N–H and O–H groups in total. The summed E-state index contributed by atoms with van der Waals surface area (Å²) in [4.78, 5) is 0. The van der Waals surface area contributed by atoms with Crippen molar-refractivity contribution in [2.45, 2.75) is 19.8 Å². The van der Waals surface area contributed by atoms with Crippen LogP contribution in [0.2, 0.25) is 0 Å². The second kappa shape index (κ2) is 3.79. The zero-order valence-electron chi connectivity index (χ0n) is 8.26. The summed E-state index contributed by atoms with van der Waals surface area (Å²) < 4.78 is 13.0. The first-order chi connectivity index (χ1) is 6.81. The van der Waals surface area contributed by atoms with E-state index >= 15 is 0 Å². The van der Waals surface area contributed by atoms with Gasteiger partial charge in [0.1, 0.15) is 5.82 Å². The average Bonchev–Trinajstić information content (AvgIpc) is 2.18. The van der Waals surface area contributed by atoms with Gasteiger partial charge < -0.3 is 0 Å². The predicted molar refractivity (Wildman–Crippen MR) is 57.9 cm³/mol. The minimum absolute atomic E-state index is 0.161. The van der Waals surface area contributed by atoms with E-state index in [2.05, 4.69) is 13.0 Å². The molecule has 0 bridgehead atoms. The van der Waals surface area contributed by atoms with Gasteiger partial charge in [-0.05, 0) is 34.9 Å². The van der Waals surface area contributed by atoms with Gasteiger partial charge in [-0.25, -0.2) is 4.39 Å². The maximum Gasteiger partial charge on any atom is 0.123 e. The van der Waals surface area contributed by atoms with E-state index in [4.69, 9.17) is 0 Å². The van der Waals surface area contributed by atoms with Crippen molar-refractivity contribution in [3.05, 3.63) is 47.8 Å². The summed E-state index contributed by atoms with van der Waals surface area (Å²) in [5, 5.41) is 2.17. The first kappa shape index (κ1) is 9.20. The number of halogens is 1. The van der Waals surface area contributed by atoms with E-state index < -0.39 is 0 Å². The van der Waals surface area contributed by atoms with Gasteiger partial charge in [0.05, 0.1) is 0 Å². The summed E-state index contributed by atoms with van der Waals surface area (Å²) in [6, 6.07) is 11.1. The van der Waals surface area contributed by atoms with E-state index in [1.165, 1.54) is 17.0 Å². The number of aryl methyl sites for hydroxylation is 1. The van der Waals surface area contributed by atoms with E-state index in [1.54, 1.807) is 6.07 Å². The molecule has 0 aliphatic rings. The van der Waals surface area contributed by atoms with Crippen LogP contribution >= 0.6 is 0 Å². The Morgan fingerprint density at radius 2 is 2.00 bits per heavy atom. The minimum Gasteiger partial charge on any atom is -0.207 e. The fourth-order valence-electron chi connectivity index (χ4n) is 1.81. The molecule has 14 heavy (non-hydrogen) atoms. The highest BCUT2D eigenvalue weighted by Gasteiger charge is 2.00. The van der Waals surface area contributed by atoms with Gasteiger partial charge in [0.2, 0.25) is 0 Å². The van der Waals surface area contributed by atoms with Crippen molar-refractivity contribution >= 4 is 10.8 Å². The van der Waals surface area contributed by atoms with Crippen LogP contribution in [-0.2, 0) is 6.42 Å². The van der Waals surface area contributed by atoms with Crippen molar-refractivity contribution < 1.29 is 4.39 Å². The van der Waals surface area contributed by atoms with Crippen LogP contribution in [-0.4, -0.2) is 0 Å². The Morgan fingerprint density at radius 1 is 1.14 bits per heavy atom. The molecule has 2 aromatic carbocycles. The molecule has 0 radical (unpaired) electrons. The van der Waals surface area contributed by atoms with Crippen molar-refractivity contribution in [1.82, 2.24) is 0 Å². The molecule has 0 aliphatic heterocycles. The third kappa shape index (κ3) is 1.63. The molecule has 0 atom stereocenters. The third-order valence-corrected chi connectivity index (χ3v) is 2.45. The Balaban J connectivity index is 2.62. The van der Waals surface area contributed by atoms with E-state index in [1.807, 2.05) is 18.2 Å². The second-order valence-electron chi connectivity index (χ2n) is 3.53. The van der Waals surface area contributed by atoms with E-state index in [0.717, 1.165) is 18.2 Å². The summed E-state index contributed by atoms with van der Waals surface area (Å²) >= 11 is 0. The molecular formula is C13H13F. The average molecular weight is 188 g/mol. The predicted octanol–water partition coefficient (Wildman–Crippen LogP) is 3.93. The lowest BCUT2D eigenvalue weighted by molar-refractivity contribution is 0.629. The van der Waals surface area contributed by atoms with Crippen LogP contribution in [0.1, 0.15) is 18.9 Å². The molecule has 0 aliphatic carbocycles. The van der Waals surface area contributed by atoms with Crippen LogP contribution in [0.4, 0.5) is 4.39 Å². The van der Waals surface area contributed by atoms with Crippen LogP contribution in [0, 0.1) is 5.82 Å². The Morgan fingerprint density at radius 3 is 2.79 bits per heavy atom. The van der Waals surface area contributed by atoms with E-state index in [9.17, 15) is 4.39 Å². The topological polar surface area (TPSA) is 0 Å². The fourth-order valence-corrected chi connectivity index (χ4v) is 1.81. The van der Waals surface area contributed by atoms with Crippen LogP contribution in [0.5, 0.6) is 0 Å². The van der Waals surface area contributed by atoms with Gasteiger partial charge in [-0.1, -0.05) is 37.6 Å². The Bertz CT molecular complexity index is 446. The molecule has 2 aromatic rings. The van der Waals surface area contributed by atoms with Gasteiger partial charge in [0.25, 0.3) is 0 Å². The molecule has 1 heteroatoms. The van der Waals surface area contributed by atoms with Crippen LogP contribution < -0.4 is 0 Å². The van der Waals surface area contributed by atoms with Gasteiger partial charge in [-0.3, -0.25) is 0 Å². The molecular weight excluding hydrogens is 175 g/mol. The van der Waals surface area contributed by atoms with Gasteiger partial charge in [-0.15, -0.1) is 0 Å². The molecule has 2 rings (SSSR count). The lowest BCUT2D eigenvalue weighted by Gasteiger charge is -2.04. The molecule has 0 nitrogen and oxygen atoms in total. The maximum atomic E-state index is 13.0. The van der Waals surface area contributed by atoms with Gasteiger partial charge >= 0.3 is 0 Å². The van der Waals surface area contributed by atoms with Gasteiger partial charge in [-0.2, -0.15) is 0 Å². The number of rotatable bonds is 2. The zero-order valence-corrected chi connectivity index (χ0v) is 8.26. The molecule has 0 aromatic heterocycles. The highest BCUT2D eigenvalue weighted by Crippen LogP contribution is 2.20. The minimum atomic E-state index is -0.161. The first-order valence-corrected chi connectivity index (χ1v) is 4.98. The zero-order chi connectivity index (χ0) is 9.97. The lowest BCUT2D eigenvalue weighted by atomic mass is 10.0. The van der Waals surface area contributed by atoms with Gasteiger partial charge in [0, 0.05) is 0 Å². The number of hydrogen-bond donors (Lipinski definition) is 0. The number of fused-ring (bicyclic) bond motifs is 1. The van der Waals surface area contributed by atoms with Crippen LogP contribution in [0.25, 0.3) is 10.8 Å². The van der Waals surface area contributed by atoms with E-state index in [-0.39, 0.29) is 5.82 Å². The van der Waals surface area contributed by atoms with E-state index in [0.29, 0.717) is 0 Å². The van der Waals surface area contributed by atoms with Crippen molar-refractivity contribution in [3.63, 3.8) is 0 Å². The van der Waals surface area contributed by atoms with Gasteiger partial charge in [0.15, 0.2) is 0 Å². The highest BCUT2D eigenvalue weighted by molar-refractivity contribution is 5.85. The molecule has 72 valence electrons. The molecule has 0 amide bonds. The highest BCUT2D eigenvalue weighted by atomic mass is 19.1. The van der Waals surface area contributed by atoms with Crippen molar-refractivity contribution in [2.24, 2.45) is 0 Å². The molecule has 0 fully saturated rings. The number of benzene rings is 2. The second-order valence-corrected chi connectivity index (χ2v) is 3.53.